The van der Waals surface area contributed by atoms with Crippen molar-refractivity contribution in [2.75, 3.05) is 7.11 Å². The van der Waals surface area contributed by atoms with Crippen molar-refractivity contribution < 1.29 is 18.7 Å². The van der Waals surface area contributed by atoms with Crippen molar-refractivity contribution in [1.29, 1.82) is 0 Å². The Morgan fingerprint density at radius 1 is 1.12 bits per heavy atom. The Kier molecular flexibility index (Phi) is 6.32. The molecule has 0 radical (unpaired) electrons. The summed E-state index contributed by atoms with van der Waals surface area (Å²) >= 11 is 5.90. The lowest BCUT2D eigenvalue weighted by Gasteiger charge is -2.08. The minimum absolute atomic E-state index is 0.0476. The van der Waals surface area contributed by atoms with Crippen LogP contribution in [-0.4, -0.2) is 18.8 Å². The van der Waals surface area contributed by atoms with E-state index in [1.54, 1.807) is 24.3 Å². The zero-order valence-corrected chi connectivity index (χ0v) is 13.9. The lowest BCUT2D eigenvalue weighted by atomic mass is 10.1. The number of nitrogens with one attached hydrogen (secondary N) is 1. The highest BCUT2D eigenvalue weighted by Gasteiger charge is 2.14. The van der Waals surface area contributed by atoms with Gasteiger partial charge in [-0.25, -0.2) is 4.39 Å². The molecule has 0 aliphatic heterocycles. The molecule has 0 aromatic heterocycles. The van der Waals surface area contributed by atoms with Crippen molar-refractivity contribution in [3.8, 4) is 5.75 Å². The minimum atomic E-state index is -0.328. The van der Waals surface area contributed by atoms with Crippen LogP contribution in [0.1, 0.15) is 28.8 Å². The number of hydrogen-bond acceptors (Lipinski definition) is 3. The molecule has 0 aliphatic carbocycles. The van der Waals surface area contributed by atoms with Gasteiger partial charge in [-0.3, -0.25) is 9.59 Å². The fourth-order valence-electron chi connectivity index (χ4n) is 2.15. The molecular formula is C18H17ClFNO3. The van der Waals surface area contributed by atoms with Crippen molar-refractivity contribution in [3.63, 3.8) is 0 Å². The average Bonchev–Trinajstić information content (AvgIpc) is 2.59. The summed E-state index contributed by atoms with van der Waals surface area (Å²) in [4.78, 5) is 24.1. The number of ether oxygens (including phenoxy) is 1. The molecule has 2 aromatic carbocycles. The Morgan fingerprint density at radius 2 is 1.83 bits per heavy atom. The third-order valence-corrected chi connectivity index (χ3v) is 3.68. The van der Waals surface area contributed by atoms with Gasteiger partial charge in [-0.05, 0) is 35.9 Å². The van der Waals surface area contributed by atoms with Crippen LogP contribution in [0.25, 0.3) is 0 Å². The highest BCUT2D eigenvalue weighted by Crippen LogP contribution is 2.24. The second kappa shape index (κ2) is 8.45. The van der Waals surface area contributed by atoms with Gasteiger partial charge in [0.25, 0.3) is 0 Å². The van der Waals surface area contributed by atoms with Gasteiger partial charge in [0.2, 0.25) is 5.91 Å². The lowest BCUT2D eigenvalue weighted by Crippen LogP contribution is -2.23. The summed E-state index contributed by atoms with van der Waals surface area (Å²) < 4.78 is 17.9. The van der Waals surface area contributed by atoms with Crippen molar-refractivity contribution in [1.82, 2.24) is 5.32 Å². The maximum atomic E-state index is 12.8. The maximum absolute atomic E-state index is 12.8. The molecule has 1 N–H and O–H groups in total. The maximum Gasteiger partial charge on any atom is 0.220 e. The smallest absolute Gasteiger partial charge is 0.220 e. The molecule has 0 unspecified atom stereocenters. The van der Waals surface area contributed by atoms with Gasteiger partial charge in [0, 0.05) is 24.4 Å². The molecule has 0 spiro atoms. The van der Waals surface area contributed by atoms with E-state index in [9.17, 15) is 14.0 Å². The van der Waals surface area contributed by atoms with Gasteiger partial charge in [-0.2, -0.15) is 0 Å². The average molecular weight is 350 g/mol. The monoisotopic (exact) mass is 349 g/mol. The molecule has 4 nitrogen and oxygen atoms in total. The van der Waals surface area contributed by atoms with Crippen LogP contribution in [0.4, 0.5) is 4.39 Å². The minimum Gasteiger partial charge on any atom is -0.496 e. The van der Waals surface area contributed by atoms with Crippen LogP contribution < -0.4 is 10.1 Å². The molecule has 0 saturated heterocycles. The largest absolute Gasteiger partial charge is 0.496 e. The van der Waals surface area contributed by atoms with E-state index in [4.69, 9.17) is 16.3 Å². The molecular weight excluding hydrogens is 333 g/mol. The second-order valence-corrected chi connectivity index (χ2v) is 5.61. The van der Waals surface area contributed by atoms with Gasteiger partial charge >= 0.3 is 0 Å². The van der Waals surface area contributed by atoms with Gasteiger partial charge in [0.15, 0.2) is 5.78 Å². The van der Waals surface area contributed by atoms with Crippen LogP contribution in [0.2, 0.25) is 5.02 Å². The summed E-state index contributed by atoms with van der Waals surface area (Å²) in [6, 6.07) is 10.6. The van der Waals surface area contributed by atoms with E-state index in [1.165, 1.54) is 25.3 Å². The van der Waals surface area contributed by atoms with Crippen molar-refractivity contribution >= 4 is 23.3 Å². The number of hydrogen-bond donors (Lipinski definition) is 1. The summed E-state index contributed by atoms with van der Waals surface area (Å²) in [6.07, 6.45) is 0.0989. The molecule has 24 heavy (non-hydrogen) atoms. The molecule has 2 aromatic rings. The topological polar surface area (TPSA) is 55.4 Å². The summed E-state index contributed by atoms with van der Waals surface area (Å²) in [5.74, 6) is -0.373. The Labute approximate surface area is 144 Å². The van der Waals surface area contributed by atoms with Crippen molar-refractivity contribution in [2.24, 2.45) is 0 Å². The summed E-state index contributed by atoms with van der Waals surface area (Å²) in [7, 11) is 1.47. The normalized spacial score (nSPS) is 10.3. The van der Waals surface area contributed by atoms with E-state index in [0.29, 0.717) is 16.3 Å². The number of Topliss-reactive ketones (excluding diaryl/α,β-unsaturated/α-hetero) is 1. The number of amides is 1. The molecule has 2 rings (SSSR count). The molecule has 0 atom stereocenters. The number of methoxy groups -OCH3 is 1. The molecule has 126 valence electrons. The first-order valence-corrected chi connectivity index (χ1v) is 7.75. The molecule has 0 bridgehead atoms. The molecule has 0 aliphatic rings. The van der Waals surface area contributed by atoms with Gasteiger partial charge in [0.1, 0.15) is 11.6 Å². The zero-order valence-electron chi connectivity index (χ0n) is 13.1. The van der Waals surface area contributed by atoms with Gasteiger partial charge in [-0.15, -0.1) is 0 Å². The predicted octanol–water partition coefficient (Wildman–Crippen LogP) is 3.77. The predicted molar refractivity (Wildman–Crippen MR) is 89.8 cm³/mol. The number of halogens is 2. The standard InChI is InChI=1S/C18H17ClFNO3/c1-24-17-8-4-13(19)10-15(17)16(22)7-9-18(23)21-11-12-2-5-14(20)6-3-12/h2-6,8,10H,7,9,11H2,1H3,(H,21,23). The van der Waals surface area contributed by atoms with Crippen LogP contribution in [0.3, 0.4) is 0 Å². The SMILES string of the molecule is COc1ccc(Cl)cc1C(=O)CCC(=O)NCc1ccc(F)cc1. The Morgan fingerprint density at radius 3 is 2.50 bits per heavy atom. The van der Waals surface area contributed by atoms with Gasteiger partial charge < -0.3 is 10.1 Å². The van der Waals surface area contributed by atoms with Crippen molar-refractivity contribution in [3.05, 3.63) is 64.4 Å². The van der Waals surface area contributed by atoms with E-state index >= 15 is 0 Å². The number of rotatable bonds is 7. The second-order valence-electron chi connectivity index (χ2n) is 5.17. The zero-order chi connectivity index (χ0) is 17.5. The fraction of sp³-hybridized carbons (Fsp3) is 0.222. The van der Waals surface area contributed by atoms with Gasteiger partial charge in [0.05, 0.1) is 12.7 Å². The Bertz CT molecular complexity index is 732. The summed E-state index contributed by atoms with van der Waals surface area (Å²) in [6.45, 7) is 0.286. The molecule has 0 saturated carbocycles. The molecule has 1 amide bonds. The molecule has 0 heterocycles. The van der Waals surface area contributed by atoms with Crippen LogP contribution in [0.5, 0.6) is 5.75 Å². The van der Waals surface area contributed by atoms with Crippen LogP contribution >= 0.6 is 11.6 Å². The first-order valence-electron chi connectivity index (χ1n) is 7.37. The fourth-order valence-corrected chi connectivity index (χ4v) is 2.32. The van der Waals surface area contributed by atoms with E-state index < -0.39 is 0 Å². The number of carbonyl (C=O) groups excluding carboxylic acids is 2. The summed E-state index contributed by atoms with van der Waals surface area (Å²) in [5.41, 5.74) is 1.14. The highest BCUT2D eigenvalue weighted by atomic mass is 35.5. The van der Waals surface area contributed by atoms with Crippen molar-refractivity contribution in [2.45, 2.75) is 19.4 Å². The van der Waals surface area contributed by atoms with Crippen LogP contribution in [0.15, 0.2) is 42.5 Å². The first-order chi connectivity index (χ1) is 11.5. The van der Waals surface area contributed by atoms with E-state index in [1.807, 2.05) is 0 Å². The van der Waals surface area contributed by atoms with Crippen LogP contribution in [0, 0.1) is 5.82 Å². The van der Waals surface area contributed by atoms with Gasteiger partial charge in [-0.1, -0.05) is 23.7 Å². The third-order valence-electron chi connectivity index (χ3n) is 3.44. The highest BCUT2D eigenvalue weighted by molar-refractivity contribution is 6.31. The van der Waals surface area contributed by atoms with E-state index in [0.717, 1.165) is 5.56 Å². The molecule has 0 fully saturated rings. The summed E-state index contributed by atoms with van der Waals surface area (Å²) in [5, 5.41) is 3.12. The Hall–Kier alpha value is -2.40. The van der Waals surface area contributed by atoms with Crippen LogP contribution in [-0.2, 0) is 11.3 Å². The number of benzene rings is 2. The molecule has 6 heteroatoms. The third kappa shape index (κ3) is 5.06. The lowest BCUT2D eigenvalue weighted by molar-refractivity contribution is -0.121. The number of ketones is 1. The Balaban J connectivity index is 1.86. The number of carbonyl (C=O) groups is 2. The van der Waals surface area contributed by atoms with E-state index in [2.05, 4.69) is 5.32 Å². The quantitative estimate of drug-likeness (QED) is 0.774. The first kappa shape index (κ1) is 17.9. The van der Waals surface area contributed by atoms with E-state index in [-0.39, 0.29) is 36.9 Å².